The standard InChI is InChI=1S/C19H23FN5O3PS2/c1-13(8-25-11-24-17-18(21)22-10-23-19(17)25)26-12-29(28-16-6-7-30-31-9-16)27-15-4-2-14(20)3-5-15/h2-5,10-11,13,16H,6-9,12H2,1H3,(H2,21,22,23)/t13?,16-,29?/m1/s1. The average molecular weight is 484 g/mol. The van der Waals surface area contributed by atoms with E-state index in [2.05, 4.69) is 15.0 Å². The smallest absolute Gasteiger partial charge is 0.258 e. The molecule has 0 bridgehead atoms. The number of hydrogen-bond acceptors (Lipinski definition) is 9. The minimum Gasteiger partial charge on any atom is -0.446 e. The molecule has 0 spiro atoms. The van der Waals surface area contributed by atoms with E-state index in [1.165, 1.54) is 18.5 Å². The highest BCUT2D eigenvalue weighted by molar-refractivity contribution is 8.76. The molecule has 166 valence electrons. The number of nitrogens with zero attached hydrogens (tertiary/aromatic N) is 4. The fourth-order valence-electron chi connectivity index (χ4n) is 2.94. The van der Waals surface area contributed by atoms with Crippen LogP contribution in [0.25, 0.3) is 11.2 Å². The fourth-order valence-corrected chi connectivity index (χ4v) is 6.79. The van der Waals surface area contributed by atoms with Gasteiger partial charge in [-0.2, -0.15) is 0 Å². The number of ether oxygens (including phenoxy) is 1. The summed E-state index contributed by atoms with van der Waals surface area (Å²) >= 11 is 0. The average Bonchev–Trinajstić information content (AvgIpc) is 3.18. The molecule has 1 fully saturated rings. The first-order chi connectivity index (χ1) is 15.1. The van der Waals surface area contributed by atoms with Gasteiger partial charge in [0.05, 0.1) is 25.1 Å². The Morgan fingerprint density at radius 3 is 2.87 bits per heavy atom. The van der Waals surface area contributed by atoms with E-state index in [0.717, 1.165) is 17.9 Å². The van der Waals surface area contributed by atoms with Crippen molar-refractivity contribution in [1.29, 1.82) is 0 Å². The van der Waals surface area contributed by atoms with Crippen molar-refractivity contribution in [1.82, 2.24) is 19.5 Å². The molecule has 3 heterocycles. The third kappa shape index (κ3) is 6.20. The van der Waals surface area contributed by atoms with E-state index < -0.39 is 8.38 Å². The van der Waals surface area contributed by atoms with Crippen LogP contribution in [0.1, 0.15) is 13.3 Å². The monoisotopic (exact) mass is 483 g/mol. The molecule has 0 amide bonds. The highest BCUT2D eigenvalue weighted by atomic mass is 33.1. The lowest BCUT2D eigenvalue weighted by molar-refractivity contribution is 0.0764. The van der Waals surface area contributed by atoms with Gasteiger partial charge in [0.1, 0.15) is 29.8 Å². The number of hydrogen-bond donors (Lipinski definition) is 1. The largest absolute Gasteiger partial charge is 0.446 e. The van der Waals surface area contributed by atoms with E-state index in [9.17, 15) is 4.39 Å². The van der Waals surface area contributed by atoms with Crippen LogP contribution in [-0.2, 0) is 15.8 Å². The Morgan fingerprint density at radius 1 is 1.26 bits per heavy atom. The first-order valence-corrected chi connectivity index (χ1v) is 13.6. The van der Waals surface area contributed by atoms with Crippen molar-refractivity contribution in [3.63, 3.8) is 0 Å². The van der Waals surface area contributed by atoms with Crippen LogP contribution in [0.15, 0.2) is 36.9 Å². The lowest BCUT2D eigenvalue weighted by Crippen LogP contribution is -2.21. The van der Waals surface area contributed by atoms with Gasteiger partial charge in [-0.15, -0.1) is 0 Å². The molecule has 4 rings (SSSR count). The van der Waals surface area contributed by atoms with Gasteiger partial charge < -0.3 is 24.1 Å². The molecule has 1 aliphatic heterocycles. The van der Waals surface area contributed by atoms with Crippen molar-refractivity contribution in [2.24, 2.45) is 0 Å². The summed E-state index contributed by atoms with van der Waals surface area (Å²) in [6.45, 7) is 2.51. The highest BCUT2D eigenvalue weighted by Crippen LogP contribution is 2.44. The van der Waals surface area contributed by atoms with Crippen molar-refractivity contribution in [3.8, 4) is 5.75 Å². The molecule has 3 atom stereocenters. The van der Waals surface area contributed by atoms with Crippen LogP contribution in [0.4, 0.5) is 10.2 Å². The summed E-state index contributed by atoms with van der Waals surface area (Å²) in [5, 5.41) is 0. The van der Waals surface area contributed by atoms with Crippen LogP contribution in [0.5, 0.6) is 5.75 Å². The van der Waals surface area contributed by atoms with Crippen molar-refractivity contribution in [3.05, 3.63) is 42.7 Å². The maximum absolute atomic E-state index is 13.2. The Hall–Kier alpha value is -1.65. The van der Waals surface area contributed by atoms with E-state index >= 15 is 0 Å². The first-order valence-electron chi connectivity index (χ1n) is 9.73. The number of aromatic nitrogens is 4. The number of benzene rings is 1. The Balaban J connectivity index is 1.37. The van der Waals surface area contributed by atoms with E-state index in [-0.39, 0.29) is 18.0 Å². The lowest BCUT2D eigenvalue weighted by atomic mass is 10.3. The quantitative estimate of drug-likeness (QED) is 0.349. The number of nitrogens with two attached hydrogens (primary N) is 1. The Kier molecular flexibility index (Phi) is 7.84. The molecule has 1 aromatic carbocycles. The van der Waals surface area contributed by atoms with Crippen LogP contribution in [0.2, 0.25) is 0 Å². The lowest BCUT2D eigenvalue weighted by Gasteiger charge is -2.27. The topological polar surface area (TPSA) is 97.3 Å². The van der Waals surface area contributed by atoms with Gasteiger partial charge in [-0.1, -0.05) is 21.6 Å². The molecular formula is C19H23FN5O3PS2. The van der Waals surface area contributed by atoms with Crippen LogP contribution >= 0.6 is 30.0 Å². The van der Waals surface area contributed by atoms with Gasteiger partial charge in [-0.05, 0) is 37.6 Å². The highest BCUT2D eigenvalue weighted by Gasteiger charge is 2.24. The number of fused-ring (bicyclic) bond motifs is 1. The predicted octanol–water partition coefficient (Wildman–Crippen LogP) is 4.47. The zero-order chi connectivity index (χ0) is 21.6. The van der Waals surface area contributed by atoms with Gasteiger partial charge in [-0.25, -0.2) is 19.3 Å². The molecule has 0 radical (unpaired) electrons. The number of rotatable bonds is 9. The van der Waals surface area contributed by atoms with Gasteiger partial charge in [-0.3, -0.25) is 0 Å². The predicted molar refractivity (Wildman–Crippen MR) is 124 cm³/mol. The van der Waals surface area contributed by atoms with Gasteiger partial charge >= 0.3 is 0 Å². The first kappa shape index (κ1) is 22.5. The summed E-state index contributed by atoms with van der Waals surface area (Å²) in [4.78, 5) is 12.5. The van der Waals surface area contributed by atoms with Crippen molar-refractivity contribution in [2.45, 2.75) is 32.1 Å². The molecule has 2 aromatic heterocycles. The molecular weight excluding hydrogens is 460 g/mol. The van der Waals surface area contributed by atoms with Crippen LogP contribution in [-0.4, -0.2) is 49.6 Å². The summed E-state index contributed by atoms with van der Waals surface area (Å²) in [5.41, 5.74) is 7.10. The second kappa shape index (κ2) is 10.8. The van der Waals surface area contributed by atoms with Gasteiger partial charge in [0, 0.05) is 11.5 Å². The summed E-state index contributed by atoms with van der Waals surface area (Å²) in [6.07, 6.45) is 4.35. The van der Waals surface area contributed by atoms with E-state index in [4.69, 9.17) is 19.5 Å². The Labute approximate surface area is 188 Å². The molecule has 3 aromatic rings. The van der Waals surface area contributed by atoms with Gasteiger partial charge in [0.15, 0.2) is 11.5 Å². The number of imidazole rings is 1. The van der Waals surface area contributed by atoms with Gasteiger partial charge in [0.2, 0.25) is 0 Å². The summed E-state index contributed by atoms with van der Waals surface area (Å²) in [5.74, 6) is 2.57. The van der Waals surface area contributed by atoms with Gasteiger partial charge in [0.25, 0.3) is 8.38 Å². The Morgan fingerprint density at radius 2 is 2.10 bits per heavy atom. The van der Waals surface area contributed by atoms with E-state index in [1.54, 1.807) is 29.3 Å². The number of anilines is 1. The van der Waals surface area contributed by atoms with Crippen LogP contribution in [0, 0.1) is 5.82 Å². The molecule has 1 aliphatic rings. The number of halogens is 1. The number of nitrogen functional groups attached to an aromatic ring is 1. The minimum absolute atomic E-state index is 0.119. The third-order valence-corrected chi connectivity index (χ3v) is 8.29. The molecule has 8 nitrogen and oxygen atoms in total. The van der Waals surface area contributed by atoms with Crippen molar-refractivity contribution >= 4 is 46.9 Å². The molecule has 12 heteroatoms. The van der Waals surface area contributed by atoms with E-state index in [1.807, 2.05) is 22.3 Å². The zero-order valence-corrected chi connectivity index (χ0v) is 19.4. The van der Waals surface area contributed by atoms with Crippen molar-refractivity contribution in [2.75, 3.05) is 23.6 Å². The molecule has 1 saturated heterocycles. The minimum atomic E-state index is -1.34. The summed E-state index contributed by atoms with van der Waals surface area (Å²) in [6, 6.07) is 5.95. The molecule has 0 aliphatic carbocycles. The SMILES string of the molecule is CC(Cn1cnc2c(N)ncnc21)OCP(Oc1ccc(F)cc1)O[C@@H]1CCSSC1. The molecule has 2 unspecified atom stereocenters. The molecule has 31 heavy (non-hydrogen) atoms. The second-order valence-electron chi connectivity index (χ2n) is 6.93. The van der Waals surface area contributed by atoms with Crippen molar-refractivity contribution < 1.29 is 18.2 Å². The Bertz CT molecular complexity index is 990. The van der Waals surface area contributed by atoms with E-state index in [0.29, 0.717) is 35.6 Å². The second-order valence-corrected chi connectivity index (χ2v) is 10.9. The summed E-state index contributed by atoms with van der Waals surface area (Å²) in [7, 11) is 2.32. The van der Waals surface area contributed by atoms with Crippen LogP contribution in [0.3, 0.4) is 0 Å². The summed E-state index contributed by atoms with van der Waals surface area (Å²) < 4.78 is 33.4. The van der Waals surface area contributed by atoms with Crippen LogP contribution < -0.4 is 10.3 Å². The normalized spacial score (nSPS) is 18.7. The molecule has 0 saturated carbocycles. The maximum Gasteiger partial charge on any atom is 0.258 e. The maximum atomic E-state index is 13.2. The zero-order valence-electron chi connectivity index (χ0n) is 16.9. The fraction of sp³-hybridized carbons (Fsp3) is 0.421. The third-order valence-electron chi connectivity index (χ3n) is 4.50. The molecule has 2 N–H and O–H groups in total.